The van der Waals surface area contributed by atoms with Crippen molar-refractivity contribution in [2.75, 3.05) is 7.11 Å². The van der Waals surface area contributed by atoms with Gasteiger partial charge in [-0.2, -0.15) is 0 Å². The van der Waals surface area contributed by atoms with Gasteiger partial charge in [0.1, 0.15) is 11.4 Å². The monoisotopic (exact) mass is 313 g/mol. The highest BCUT2D eigenvalue weighted by Gasteiger charge is 2.16. The van der Waals surface area contributed by atoms with Crippen molar-refractivity contribution < 1.29 is 4.74 Å². The second-order valence-electron chi connectivity index (χ2n) is 4.95. The lowest BCUT2D eigenvalue weighted by atomic mass is 10.1. The third-order valence-electron chi connectivity index (χ3n) is 3.57. The lowest BCUT2D eigenvalue weighted by Gasteiger charge is -2.10. The van der Waals surface area contributed by atoms with Crippen molar-refractivity contribution >= 4 is 11.6 Å². The van der Waals surface area contributed by atoms with Gasteiger partial charge in [-0.05, 0) is 42.8 Å². The number of hydrogen-bond donors (Lipinski definition) is 0. The van der Waals surface area contributed by atoms with Gasteiger partial charge in [-0.25, -0.2) is 4.68 Å². The summed E-state index contributed by atoms with van der Waals surface area (Å²) in [5.74, 6) is 1.12. The fourth-order valence-electron chi connectivity index (χ4n) is 2.41. The highest BCUT2D eigenvalue weighted by molar-refractivity contribution is 6.17. The molecule has 0 radical (unpaired) electrons. The first kappa shape index (κ1) is 14.6. The Bertz CT molecular complexity index is 781. The van der Waals surface area contributed by atoms with Crippen LogP contribution in [0.25, 0.3) is 16.9 Å². The highest BCUT2D eigenvalue weighted by atomic mass is 35.5. The van der Waals surface area contributed by atoms with E-state index in [1.165, 1.54) is 0 Å². The molecule has 0 aliphatic rings. The largest absolute Gasteiger partial charge is 0.497 e. The molecule has 0 saturated heterocycles. The molecule has 5 heteroatoms. The first-order chi connectivity index (χ1) is 10.7. The summed E-state index contributed by atoms with van der Waals surface area (Å²) in [5, 5.41) is 8.51. The number of aromatic nitrogens is 3. The van der Waals surface area contributed by atoms with Crippen LogP contribution in [0.4, 0.5) is 0 Å². The van der Waals surface area contributed by atoms with Crippen molar-refractivity contribution in [3.63, 3.8) is 0 Å². The van der Waals surface area contributed by atoms with Crippen molar-refractivity contribution in [1.29, 1.82) is 0 Å². The smallest absolute Gasteiger partial charge is 0.118 e. The molecule has 0 N–H and O–H groups in total. The van der Waals surface area contributed by atoms with E-state index in [1.807, 2.05) is 47.1 Å². The molecule has 0 amide bonds. The Hall–Kier alpha value is -2.33. The Kier molecular flexibility index (Phi) is 4.11. The molecule has 1 heterocycles. The topological polar surface area (TPSA) is 39.9 Å². The van der Waals surface area contributed by atoms with Crippen LogP contribution in [0.5, 0.6) is 5.75 Å². The molecule has 22 heavy (non-hydrogen) atoms. The molecule has 2 aromatic carbocycles. The summed E-state index contributed by atoms with van der Waals surface area (Å²) in [5.41, 5.74) is 4.80. The fourth-order valence-corrected chi connectivity index (χ4v) is 2.59. The van der Waals surface area contributed by atoms with Gasteiger partial charge in [0.05, 0.1) is 24.4 Å². The summed E-state index contributed by atoms with van der Waals surface area (Å²) in [4.78, 5) is 0. The van der Waals surface area contributed by atoms with E-state index in [0.717, 1.165) is 34.0 Å². The summed E-state index contributed by atoms with van der Waals surface area (Å²) in [6, 6.07) is 15.9. The number of nitrogens with zero attached hydrogens (tertiary/aromatic N) is 3. The summed E-state index contributed by atoms with van der Waals surface area (Å²) in [7, 11) is 1.65. The molecule has 112 valence electrons. The van der Waals surface area contributed by atoms with Crippen molar-refractivity contribution in [1.82, 2.24) is 15.0 Å². The predicted molar refractivity (Wildman–Crippen MR) is 87.6 cm³/mol. The summed E-state index contributed by atoms with van der Waals surface area (Å²) >= 11 is 6.04. The van der Waals surface area contributed by atoms with E-state index in [1.54, 1.807) is 7.11 Å². The minimum Gasteiger partial charge on any atom is -0.497 e. The van der Waals surface area contributed by atoms with Gasteiger partial charge in [-0.1, -0.05) is 23.4 Å². The van der Waals surface area contributed by atoms with Gasteiger partial charge in [-0.3, -0.25) is 0 Å². The Balaban J connectivity index is 2.17. The van der Waals surface area contributed by atoms with Gasteiger partial charge in [0.15, 0.2) is 0 Å². The van der Waals surface area contributed by atoms with Gasteiger partial charge < -0.3 is 4.74 Å². The summed E-state index contributed by atoms with van der Waals surface area (Å²) in [6.45, 7) is 2.05. The normalized spacial score (nSPS) is 10.7. The average Bonchev–Trinajstić information content (AvgIpc) is 2.99. The van der Waals surface area contributed by atoms with E-state index in [-0.39, 0.29) is 0 Å². The standard InChI is InChI=1S/C17H16ClN3O/c1-12-5-3-4-6-16(12)21-17(15(11-18)19-20-21)13-7-9-14(22-2)10-8-13/h3-10H,11H2,1-2H3. The minimum atomic E-state index is 0.313. The zero-order chi connectivity index (χ0) is 15.5. The number of methoxy groups -OCH3 is 1. The van der Waals surface area contributed by atoms with E-state index in [0.29, 0.717) is 5.88 Å². The molecule has 0 unspecified atom stereocenters. The van der Waals surface area contributed by atoms with Crippen LogP contribution >= 0.6 is 11.6 Å². The van der Waals surface area contributed by atoms with Crippen LogP contribution in [0.1, 0.15) is 11.3 Å². The Morgan fingerprint density at radius 3 is 2.45 bits per heavy atom. The summed E-state index contributed by atoms with van der Waals surface area (Å²) < 4.78 is 7.06. The maximum atomic E-state index is 6.04. The first-order valence-corrected chi connectivity index (χ1v) is 7.49. The van der Waals surface area contributed by atoms with Crippen molar-refractivity contribution in [3.8, 4) is 22.7 Å². The quantitative estimate of drug-likeness (QED) is 0.684. The van der Waals surface area contributed by atoms with Crippen LogP contribution < -0.4 is 4.74 Å². The number of benzene rings is 2. The van der Waals surface area contributed by atoms with E-state index in [4.69, 9.17) is 16.3 Å². The molecule has 0 fully saturated rings. The number of ether oxygens (including phenoxy) is 1. The molecule has 0 saturated carbocycles. The number of aryl methyl sites for hydroxylation is 1. The third kappa shape index (κ3) is 2.57. The highest BCUT2D eigenvalue weighted by Crippen LogP contribution is 2.28. The SMILES string of the molecule is COc1ccc(-c2c(CCl)nnn2-c2ccccc2C)cc1. The molecule has 0 aliphatic carbocycles. The molecule has 3 aromatic rings. The lowest BCUT2D eigenvalue weighted by molar-refractivity contribution is 0.415. The molecule has 0 spiro atoms. The van der Waals surface area contributed by atoms with Crippen molar-refractivity contribution in [2.24, 2.45) is 0 Å². The van der Waals surface area contributed by atoms with Crippen molar-refractivity contribution in [3.05, 3.63) is 59.8 Å². The maximum absolute atomic E-state index is 6.04. The lowest BCUT2D eigenvalue weighted by Crippen LogP contribution is -2.02. The number of hydrogen-bond acceptors (Lipinski definition) is 3. The number of para-hydroxylation sites is 1. The molecule has 0 aliphatic heterocycles. The van der Waals surface area contributed by atoms with Crippen LogP contribution in [-0.2, 0) is 5.88 Å². The fraction of sp³-hybridized carbons (Fsp3) is 0.176. The molecule has 3 rings (SSSR count). The number of rotatable bonds is 4. The predicted octanol–water partition coefficient (Wildman–Crippen LogP) is 3.99. The second kappa shape index (κ2) is 6.20. The van der Waals surface area contributed by atoms with E-state index < -0.39 is 0 Å². The van der Waals surface area contributed by atoms with E-state index in [2.05, 4.69) is 23.3 Å². The van der Waals surface area contributed by atoms with Crippen LogP contribution in [0.2, 0.25) is 0 Å². The van der Waals surface area contributed by atoms with Gasteiger partial charge in [0.25, 0.3) is 0 Å². The van der Waals surface area contributed by atoms with Gasteiger partial charge in [0, 0.05) is 5.56 Å². The maximum Gasteiger partial charge on any atom is 0.118 e. The Morgan fingerprint density at radius 1 is 1.09 bits per heavy atom. The second-order valence-corrected chi connectivity index (χ2v) is 5.21. The van der Waals surface area contributed by atoms with Crippen LogP contribution in [-0.4, -0.2) is 22.1 Å². The third-order valence-corrected chi connectivity index (χ3v) is 3.83. The molecule has 4 nitrogen and oxygen atoms in total. The zero-order valence-electron chi connectivity index (χ0n) is 12.5. The Morgan fingerprint density at radius 2 is 1.82 bits per heavy atom. The van der Waals surface area contributed by atoms with E-state index in [9.17, 15) is 0 Å². The summed E-state index contributed by atoms with van der Waals surface area (Å²) in [6.07, 6.45) is 0. The molecule has 0 bridgehead atoms. The Labute approximate surface area is 134 Å². The van der Waals surface area contributed by atoms with Gasteiger partial charge >= 0.3 is 0 Å². The molecular weight excluding hydrogens is 298 g/mol. The number of alkyl halides is 1. The molecular formula is C17H16ClN3O. The first-order valence-electron chi connectivity index (χ1n) is 6.95. The molecule has 1 aromatic heterocycles. The number of halogens is 1. The van der Waals surface area contributed by atoms with Crippen LogP contribution in [0.15, 0.2) is 48.5 Å². The van der Waals surface area contributed by atoms with Gasteiger partial charge in [0.2, 0.25) is 0 Å². The van der Waals surface area contributed by atoms with Crippen molar-refractivity contribution in [2.45, 2.75) is 12.8 Å². The van der Waals surface area contributed by atoms with Crippen LogP contribution in [0, 0.1) is 6.92 Å². The van der Waals surface area contributed by atoms with Crippen LogP contribution in [0.3, 0.4) is 0 Å². The van der Waals surface area contributed by atoms with E-state index >= 15 is 0 Å². The minimum absolute atomic E-state index is 0.313. The van der Waals surface area contributed by atoms with Gasteiger partial charge in [-0.15, -0.1) is 16.7 Å². The average molecular weight is 314 g/mol. The zero-order valence-corrected chi connectivity index (χ0v) is 13.2. The molecule has 0 atom stereocenters.